The highest BCUT2D eigenvalue weighted by Crippen LogP contribution is 2.35. The lowest BCUT2D eigenvalue weighted by Crippen LogP contribution is -2.28. The first-order valence-electron chi connectivity index (χ1n) is 10.6. The summed E-state index contributed by atoms with van der Waals surface area (Å²) in [6.45, 7) is 8.06. The quantitative estimate of drug-likeness (QED) is 0.666. The van der Waals surface area contributed by atoms with Gasteiger partial charge in [-0.3, -0.25) is 0 Å². The van der Waals surface area contributed by atoms with Crippen LogP contribution >= 0.6 is 0 Å². The number of nitrogens with one attached hydrogen (secondary N) is 1. The maximum absolute atomic E-state index is 13.3. The molecular formula is C24H33NO4S. The second-order valence-electron chi connectivity index (χ2n) is 8.43. The van der Waals surface area contributed by atoms with Gasteiger partial charge in [0, 0.05) is 6.04 Å². The molecule has 1 N–H and O–H groups in total. The molecule has 3 rings (SSSR count). The molecule has 6 heteroatoms. The van der Waals surface area contributed by atoms with E-state index in [1.165, 1.54) is 12.7 Å². The molecule has 0 aromatic heterocycles. The average Bonchev–Trinajstić information content (AvgIpc) is 2.71. The summed E-state index contributed by atoms with van der Waals surface area (Å²) in [6.07, 6.45) is 4.10. The minimum absolute atomic E-state index is 0.216. The predicted octanol–water partition coefficient (Wildman–Crippen LogP) is 5.05. The Morgan fingerprint density at radius 2 is 1.47 bits per heavy atom. The molecule has 0 aliphatic heterocycles. The van der Waals surface area contributed by atoms with Crippen molar-refractivity contribution in [2.75, 3.05) is 14.2 Å². The molecule has 0 spiro atoms. The number of aryl methyl sites for hydroxylation is 3. The van der Waals surface area contributed by atoms with Gasteiger partial charge in [0.25, 0.3) is 0 Å². The minimum Gasteiger partial charge on any atom is -0.496 e. The van der Waals surface area contributed by atoms with Gasteiger partial charge >= 0.3 is 0 Å². The van der Waals surface area contributed by atoms with Crippen molar-refractivity contribution < 1.29 is 17.9 Å². The number of fused-ring (bicyclic) bond motifs is 1. The average molecular weight is 432 g/mol. The molecule has 30 heavy (non-hydrogen) atoms. The smallest absolute Gasteiger partial charge is 0.244 e. The highest BCUT2D eigenvalue weighted by atomic mass is 32.2. The Bertz CT molecular complexity index is 1030. The topological polar surface area (TPSA) is 64.6 Å². The van der Waals surface area contributed by atoms with Gasteiger partial charge in [0.15, 0.2) is 0 Å². The van der Waals surface area contributed by atoms with E-state index >= 15 is 0 Å². The number of sulfonamides is 1. The second kappa shape index (κ2) is 8.98. The van der Waals surface area contributed by atoms with Crippen LogP contribution < -0.4 is 14.2 Å². The van der Waals surface area contributed by atoms with E-state index < -0.39 is 10.0 Å². The number of methoxy groups -OCH3 is 2. The zero-order chi connectivity index (χ0) is 22.1. The Kier molecular flexibility index (Phi) is 6.78. The number of hydrogen-bond acceptors (Lipinski definition) is 4. The summed E-state index contributed by atoms with van der Waals surface area (Å²) in [7, 11) is -0.571. The number of benzene rings is 2. The summed E-state index contributed by atoms with van der Waals surface area (Å²) < 4.78 is 40.5. The van der Waals surface area contributed by atoms with E-state index in [-0.39, 0.29) is 16.9 Å². The van der Waals surface area contributed by atoms with Crippen LogP contribution in [0.25, 0.3) is 0 Å². The van der Waals surface area contributed by atoms with Crippen LogP contribution in [-0.2, 0) is 22.9 Å². The first-order chi connectivity index (χ1) is 14.2. The zero-order valence-electron chi connectivity index (χ0n) is 18.8. The monoisotopic (exact) mass is 431 g/mol. The molecule has 1 unspecified atom stereocenters. The van der Waals surface area contributed by atoms with Crippen molar-refractivity contribution in [3.63, 3.8) is 0 Å². The fourth-order valence-corrected chi connectivity index (χ4v) is 5.70. The molecule has 5 nitrogen and oxygen atoms in total. The lowest BCUT2D eigenvalue weighted by atomic mass is 9.92. The Balaban J connectivity index is 1.97. The summed E-state index contributed by atoms with van der Waals surface area (Å²) in [6, 6.07) is 7.33. The van der Waals surface area contributed by atoms with Crippen molar-refractivity contribution in [3.05, 3.63) is 52.1 Å². The van der Waals surface area contributed by atoms with Crippen molar-refractivity contribution in [2.24, 2.45) is 0 Å². The standard InChI is InChI=1S/C24H33NO4S/c1-15(2)20-14-21(16(3)11-22(20)28-5)17(4)25-30(26,27)24-13-19-10-8-7-9-18(19)12-23(24)29-6/h11-15,17,25H,7-10H2,1-6H3. The van der Waals surface area contributed by atoms with Crippen molar-refractivity contribution >= 4 is 10.0 Å². The summed E-state index contributed by atoms with van der Waals surface area (Å²) in [4.78, 5) is 0.216. The predicted molar refractivity (Wildman–Crippen MR) is 120 cm³/mol. The Labute approximate surface area is 180 Å². The van der Waals surface area contributed by atoms with Crippen LogP contribution in [0.4, 0.5) is 0 Å². The van der Waals surface area contributed by atoms with E-state index in [1.54, 1.807) is 13.2 Å². The maximum atomic E-state index is 13.3. The lowest BCUT2D eigenvalue weighted by molar-refractivity contribution is 0.400. The van der Waals surface area contributed by atoms with Crippen molar-refractivity contribution in [1.29, 1.82) is 0 Å². The van der Waals surface area contributed by atoms with Crippen molar-refractivity contribution in [3.8, 4) is 11.5 Å². The van der Waals surface area contributed by atoms with Crippen LogP contribution in [0, 0.1) is 6.92 Å². The van der Waals surface area contributed by atoms with Gasteiger partial charge in [0.1, 0.15) is 16.4 Å². The van der Waals surface area contributed by atoms with Gasteiger partial charge in [-0.15, -0.1) is 0 Å². The lowest BCUT2D eigenvalue weighted by Gasteiger charge is -2.23. The SMILES string of the molecule is COc1cc(C)c(C(C)NS(=O)(=O)c2cc3c(cc2OC)CCCC3)cc1C(C)C. The third-order valence-corrected chi connectivity index (χ3v) is 7.52. The fourth-order valence-electron chi connectivity index (χ4n) is 4.28. The van der Waals surface area contributed by atoms with E-state index in [4.69, 9.17) is 9.47 Å². The summed E-state index contributed by atoms with van der Waals surface area (Å²) >= 11 is 0. The molecular weight excluding hydrogens is 398 g/mol. The van der Waals surface area contributed by atoms with Gasteiger partial charge in [-0.25, -0.2) is 13.1 Å². The minimum atomic E-state index is -3.76. The zero-order valence-corrected chi connectivity index (χ0v) is 19.7. The van der Waals surface area contributed by atoms with Gasteiger partial charge in [0.05, 0.1) is 14.2 Å². The molecule has 1 atom stereocenters. The molecule has 0 fully saturated rings. The molecule has 164 valence electrons. The molecule has 0 heterocycles. The maximum Gasteiger partial charge on any atom is 0.244 e. The van der Waals surface area contributed by atoms with Crippen LogP contribution in [0.5, 0.6) is 11.5 Å². The van der Waals surface area contributed by atoms with E-state index in [0.717, 1.165) is 53.7 Å². The van der Waals surface area contributed by atoms with E-state index in [9.17, 15) is 8.42 Å². The largest absolute Gasteiger partial charge is 0.496 e. The van der Waals surface area contributed by atoms with E-state index in [2.05, 4.69) is 24.6 Å². The van der Waals surface area contributed by atoms with Gasteiger partial charge in [0.2, 0.25) is 10.0 Å². The molecule has 1 aliphatic rings. The van der Waals surface area contributed by atoms with E-state index in [1.807, 2.05) is 26.0 Å². The van der Waals surface area contributed by atoms with Crippen LogP contribution in [-0.4, -0.2) is 22.6 Å². The van der Waals surface area contributed by atoms with Gasteiger partial charge in [-0.1, -0.05) is 13.8 Å². The molecule has 0 saturated heterocycles. The normalized spacial score (nSPS) is 15.0. The van der Waals surface area contributed by atoms with Crippen molar-refractivity contribution in [1.82, 2.24) is 4.72 Å². The summed E-state index contributed by atoms with van der Waals surface area (Å²) in [5, 5.41) is 0. The highest BCUT2D eigenvalue weighted by molar-refractivity contribution is 7.89. The first-order valence-corrected chi connectivity index (χ1v) is 12.1. The Hall–Kier alpha value is -2.05. The first kappa shape index (κ1) is 22.6. The van der Waals surface area contributed by atoms with Crippen molar-refractivity contribution in [2.45, 2.75) is 70.2 Å². The number of rotatable bonds is 7. The van der Waals surface area contributed by atoms with Gasteiger partial charge in [-0.2, -0.15) is 0 Å². The second-order valence-corrected chi connectivity index (χ2v) is 10.1. The Morgan fingerprint density at radius 3 is 2.03 bits per heavy atom. The molecule has 0 amide bonds. The highest BCUT2D eigenvalue weighted by Gasteiger charge is 2.26. The molecule has 2 aromatic carbocycles. The third kappa shape index (κ3) is 4.49. The molecule has 0 radical (unpaired) electrons. The van der Waals surface area contributed by atoms with Crippen LogP contribution in [0.2, 0.25) is 0 Å². The van der Waals surface area contributed by atoms with Crippen LogP contribution in [0.3, 0.4) is 0 Å². The van der Waals surface area contributed by atoms with Gasteiger partial charge in [-0.05, 0) is 97.5 Å². The summed E-state index contributed by atoms with van der Waals surface area (Å²) in [5.41, 5.74) is 5.30. The number of ether oxygens (including phenoxy) is 2. The third-order valence-electron chi connectivity index (χ3n) is 5.96. The fraction of sp³-hybridized carbons (Fsp3) is 0.500. The van der Waals surface area contributed by atoms with Gasteiger partial charge < -0.3 is 9.47 Å². The summed E-state index contributed by atoms with van der Waals surface area (Å²) in [5.74, 6) is 1.51. The van der Waals surface area contributed by atoms with Crippen LogP contribution in [0.15, 0.2) is 29.2 Å². The molecule has 0 bridgehead atoms. The number of hydrogen-bond donors (Lipinski definition) is 1. The molecule has 0 saturated carbocycles. The van der Waals surface area contributed by atoms with E-state index in [0.29, 0.717) is 5.75 Å². The molecule has 2 aromatic rings. The van der Waals surface area contributed by atoms with Crippen LogP contribution in [0.1, 0.15) is 73.4 Å². The Morgan fingerprint density at radius 1 is 0.867 bits per heavy atom. The molecule has 1 aliphatic carbocycles.